The average Bonchev–Trinajstić information content (AvgIpc) is 3.13. The van der Waals surface area contributed by atoms with Gasteiger partial charge in [0.05, 0.1) is 22.6 Å². The molecular formula is C26H24N6O5. The van der Waals surface area contributed by atoms with E-state index < -0.39 is 28.3 Å². The van der Waals surface area contributed by atoms with Gasteiger partial charge in [0.2, 0.25) is 0 Å². The van der Waals surface area contributed by atoms with Crippen molar-refractivity contribution in [3.05, 3.63) is 97.8 Å². The Balaban J connectivity index is 1.90. The largest absolute Gasteiger partial charge is 0.443 e. The highest BCUT2D eigenvalue weighted by atomic mass is 16.6. The number of hydrogen-bond donors (Lipinski definition) is 0. The second-order valence-electron chi connectivity index (χ2n) is 9.47. The van der Waals surface area contributed by atoms with E-state index in [0.717, 1.165) is 10.1 Å². The van der Waals surface area contributed by atoms with Gasteiger partial charge in [0.1, 0.15) is 11.1 Å². The number of ether oxygens (including phenoxy) is 1. The molecule has 4 aromatic rings. The normalized spacial score (nSPS) is 12.2. The highest BCUT2D eigenvalue weighted by molar-refractivity contribution is 5.85. The summed E-state index contributed by atoms with van der Waals surface area (Å²) in [7, 11) is 0. The number of fused-ring (bicyclic) bond motifs is 1. The highest BCUT2D eigenvalue weighted by Gasteiger charge is 2.27. The summed E-state index contributed by atoms with van der Waals surface area (Å²) in [6.07, 6.45) is 2.43. The summed E-state index contributed by atoms with van der Waals surface area (Å²) in [5.41, 5.74) is 0.546. The number of aromatic nitrogens is 4. The zero-order valence-corrected chi connectivity index (χ0v) is 20.7. The van der Waals surface area contributed by atoms with Crippen molar-refractivity contribution in [3.8, 4) is 6.07 Å². The number of carbonyl (C=O) groups excluding carboxylic acids is 1. The third-order valence-electron chi connectivity index (χ3n) is 5.69. The lowest BCUT2D eigenvalue weighted by Gasteiger charge is -2.19. The molecule has 0 aliphatic carbocycles. The molecule has 0 saturated carbocycles. The van der Waals surface area contributed by atoms with E-state index in [4.69, 9.17) is 4.74 Å². The van der Waals surface area contributed by atoms with Gasteiger partial charge >= 0.3 is 11.8 Å². The van der Waals surface area contributed by atoms with E-state index in [2.05, 4.69) is 9.97 Å². The van der Waals surface area contributed by atoms with Crippen molar-refractivity contribution >= 4 is 22.9 Å². The summed E-state index contributed by atoms with van der Waals surface area (Å²) in [5, 5.41) is 20.8. The van der Waals surface area contributed by atoms with Crippen LogP contribution < -0.4 is 5.69 Å². The first kappa shape index (κ1) is 25.2. The third-order valence-corrected chi connectivity index (χ3v) is 5.69. The predicted molar refractivity (Wildman–Crippen MR) is 134 cm³/mol. The van der Waals surface area contributed by atoms with Crippen LogP contribution in [0.15, 0.2) is 59.7 Å². The van der Waals surface area contributed by atoms with Crippen LogP contribution in [0.1, 0.15) is 56.1 Å². The standard InChI is InChI=1S/C26H24N6O5/c1-16(18-6-5-11-28-15-18)30-23-22(31(24(30)33)25(34)37-26(2,3)4)10-8-20(29-23)13-19-12-17(14-27)7-9-21(19)32(35)36/h5-12,15-16H,13H2,1-4H3/t16-/m1/s1. The van der Waals surface area contributed by atoms with Crippen molar-refractivity contribution in [2.45, 2.75) is 45.8 Å². The Kier molecular flexibility index (Phi) is 6.59. The number of benzene rings is 1. The van der Waals surface area contributed by atoms with Crippen molar-refractivity contribution in [2.75, 3.05) is 0 Å². The number of hydrogen-bond acceptors (Lipinski definition) is 8. The van der Waals surface area contributed by atoms with Crippen LogP contribution in [0, 0.1) is 21.4 Å². The summed E-state index contributed by atoms with van der Waals surface area (Å²) in [5.74, 6) is 0. The van der Waals surface area contributed by atoms with Gasteiger partial charge in [-0.1, -0.05) is 6.07 Å². The molecule has 37 heavy (non-hydrogen) atoms. The minimum atomic E-state index is -0.841. The fourth-order valence-electron chi connectivity index (χ4n) is 4.01. The van der Waals surface area contributed by atoms with Crippen molar-refractivity contribution in [1.29, 1.82) is 5.26 Å². The van der Waals surface area contributed by atoms with Gasteiger partial charge in [-0.05, 0) is 63.6 Å². The molecule has 0 amide bonds. The number of pyridine rings is 2. The monoisotopic (exact) mass is 500 g/mol. The molecule has 0 saturated heterocycles. The van der Waals surface area contributed by atoms with Gasteiger partial charge in [-0.25, -0.2) is 14.6 Å². The number of rotatable bonds is 5. The van der Waals surface area contributed by atoms with E-state index in [9.17, 15) is 25.0 Å². The molecule has 0 spiro atoms. The maximum absolute atomic E-state index is 13.6. The lowest BCUT2D eigenvalue weighted by atomic mass is 10.0. The topological polar surface area (TPSA) is 146 Å². The maximum Gasteiger partial charge on any atom is 0.423 e. The molecule has 0 N–H and O–H groups in total. The molecule has 11 heteroatoms. The Bertz CT molecular complexity index is 1610. The Hall–Kier alpha value is -4.85. The smallest absolute Gasteiger partial charge is 0.423 e. The molecule has 1 aromatic carbocycles. The summed E-state index contributed by atoms with van der Waals surface area (Å²) < 4.78 is 7.78. The quantitative estimate of drug-likeness (QED) is 0.290. The molecule has 188 valence electrons. The molecule has 11 nitrogen and oxygen atoms in total. The van der Waals surface area contributed by atoms with Gasteiger partial charge < -0.3 is 4.74 Å². The molecule has 0 unspecified atom stereocenters. The van der Waals surface area contributed by atoms with Gasteiger partial charge in [0, 0.05) is 36.1 Å². The first-order chi connectivity index (χ1) is 17.5. The number of nitro groups is 1. The molecule has 0 bridgehead atoms. The fourth-order valence-corrected chi connectivity index (χ4v) is 4.01. The van der Waals surface area contributed by atoms with Crippen molar-refractivity contribution in [2.24, 2.45) is 0 Å². The molecule has 1 atom stereocenters. The lowest BCUT2D eigenvalue weighted by molar-refractivity contribution is -0.385. The first-order valence-electron chi connectivity index (χ1n) is 11.4. The maximum atomic E-state index is 13.6. The number of nitrogens with zero attached hydrogens (tertiary/aromatic N) is 6. The summed E-state index contributed by atoms with van der Waals surface area (Å²) in [4.78, 5) is 46.4. The van der Waals surface area contributed by atoms with E-state index >= 15 is 0 Å². The van der Waals surface area contributed by atoms with Crippen LogP contribution in [0.25, 0.3) is 11.2 Å². The van der Waals surface area contributed by atoms with Crippen LogP contribution >= 0.6 is 0 Å². The molecule has 4 rings (SSSR count). The minimum Gasteiger partial charge on any atom is -0.443 e. The minimum absolute atomic E-state index is 0.0366. The summed E-state index contributed by atoms with van der Waals surface area (Å²) in [6, 6.07) is 12.3. The Morgan fingerprint density at radius 1 is 1.24 bits per heavy atom. The van der Waals surface area contributed by atoms with Crippen LogP contribution in [0.4, 0.5) is 10.5 Å². The van der Waals surface area contributed by atoms with E-state index in [1.54, 1.807) is 64.4 Å². The SMILES string of the molecule is C[C@H](c1cccnc1)n1c(=O)n(C(=O)OC(C)(C)C)c2ccc(Cc3cc(C#N)ccc3[N+](=O)[O-])nc21. The highest BCUT2D eigenvalue weighted by Crippen LogP contribution is 2.26. The Labute approximate surface area is 211 Å². The average molecular weight is 501 g/mol. The van der Waals surface area contributed by atoms with Gasteiger partial charge in [0.15, 0.2) is 5.65 Å². The van der Waals surface area contributed by atoms with Crippen LogP contribution in [-0.4, -0.2) is 35.7 Å². The van der Waals surface area contributed by atoms with E-state index in [1.165, 1.54) is 22.8 Å². The zero-order chi connectivity index (χ0) is 26.9. The number of imidazole rings is 1. The Morgan fingerprint density at radius 3 is 2.62 bits per heavy atom. The van der Waals surface area contributed by atoms with Crippen molar-refractivity contribution in [3.63, 3.8) is 0 Å². The van der Waals surface area contributed by atoms with E-state index in [0.29, 0.717) is 11.3 Å². The molecular weight excluding hydrogens is 476 g/mol. The fraction of sp³-hybridized carbons (Fsp3) is 0.269. The summed E-state index contributed by atoms with van der Waals surface area (Å²) in [6.45, 7) is 6.89. The number of nitriles is 1. The summed E-state index contributed by atoms with van der Waals surface area (Å²) >= 11 is 0. The molecule has 0 aliphatic rings. The van der Waals surface area contributed by atoms with Gasteiger partial charge in [0.25, 0.3) is 5.69 Å². The first-order valence-corrected chi connectivity index (χ1v) is 11.4. The van der Waals surface area contributed by atoms with Gasteiger partial charge in [-0.3, -0.25) is 19.7 Å². The van der Waals surface area contributed by atoms with Crippen LogP contribution in [0.3, 0.4) is 0 Å². The van der Waals surface area contributed by atoms with Crippen LogP contribution in [-0.2, 0) is 11.2 Å². The number of nitro benzene ring substituents is 1. The molecule has 0 aliphatic heterocycles. The molecule has 0 radical (unpaired) electrons. The number of carbonyl (C=O) groups is 1. The lowest BCUT2D eigenvalue weighted by Crippen LogP contribution is -2.35. The molecule has 0 fully saturated rings. The zero-order valence-electron chi connectivity index (χ0n) is 20.7. The second-order valence-corrected chi connectivity index (χ2v) is 9.47. The van der Waals surface area contributed by atoms with Gasteiger partial charge in [-0.15, -0.1) is 0 Å². The predicted octanol–water partition coefficient (Wildman–Crippen LogP) is 4.36. The third kappa shape index (κ3) is 5.08. The van der Waals surface area contributed by atoms with Crippen molar-refractivity contribution < 1.29 is 14.5 Å². The van der Waals surface area contributed by atoms with Gasteiger partial charge in [-0.2, -0.15) is 9.83 Å². The van der Waals surface area contributed by atoms with E-state index in [1.807, 2.05) is 6.07 Å². The second kappa shape index (κ2) is 9.66. The Morgan fingerprint density at radius 2 is 2.00 bits per heavy atom. The van der Waals surface area contributed by atoms with Crippen LogP contribution in [0.5, 0.6) is 0 Å². The van der Waals surface area contributed by atoms with Crippen molar-refractivity contribution in [1.82, 2.24) is 19.1 Å². The molecule has 3 aromatic heterocycles. The van der Waals surface area contributed by atoms with Crippen LogP contribution in [0.2, 0.25) is 0 Å². The van der Waals surface area contributed by atoms with E-state index in [-0.39, 0.29) is 28.8 Å². The molecule has 3 heterocycles.